The van der Waals surface area contributed by atoms with Crippen molar-refractivity contribution in [2.45, 2.75) is 13.0 Å². The van der Waals surface area contributed by atoms with Crippen LogP contribution in [0, 0.1) is 0 Å². The van der Waals surface area contributed by atoms with Crippen LogP contribution in [0.2, 0.25) is 0 Å². The first kappa shape index (κ1) is 17.4. The Kier molecular flexibility index (Phi) is 5.06. The van der Waals surface area contributed by atoms with Gasteiger partial charge < -0.3 is 24.1 Å². The Morgan fingerprint density at radius 3 is 2.92 bits per heavy atom. The second-order valence-corrected chi connectivity index (χ2v) is 6.24. The number of ether oxygens (including phenoxy) is 1. The predicted molar refractivity (Wildman–Crippen MR) is 94.2 cm³/mol. The highest BCUT2D eigenvalue weighted by Crippen LogP contribution is 2.22. The Morgan fingerprint density at radius 2 is 2.20 bits per heavy atom. The number of nitrogens with zero attached hydrogens (tertiary/aromatic N) is 2. The predicted octanol–water partition coefficient (Wildman–Crippen LogP) is 1.08. The lowest BCUT2D eigenvalue weighted by Gasteiger charge is -2.31. The van der Waals surface area contributed by atoms with Gasteiger partial charge in [-0.05, 0) is 25.1 Å². The molecular weight excluding hydrogens is 324 g/mol. The molecule has 1 aromatic carbocycles. The molecule has 0 aliphatic carbocycles. The van der Waals surface area contributed by atoms with Crippen molar-refractivity contribution in [2.75, 3.05) is 44.8 Å². The van der Waals surface area contributed by atoms with E-state index in [-0.39, 0.29) is 30.6 Å². The van der Waals surface area contributed by atoms with Crippen molar-refractivity contribution in [2.24, 2.45) is 0 Å². The second-order valence-electron chi connectivity index (χ2n) is 6.24. The molecule has 0 radical (unpaired) electrons. The van der Waals surface area contributed by atoms with E-state index < -0.39 is 0 Å². The summed E-state index contributed by atoms with van der Waals surface area (Å²) in [6, 6.07) is 6.28. The summed E-state index contributed by atoms with van der Waals surface area (Å²) in [4.78, 5) is 28.2. The van der Waals surface area contributed by atoms with Crippen LogP contribution in [0.3, 0.4) is 0 Å². The van der Waals surface area contributed by atoms with Crippen LogP contribution < -0.4 is 10.3 Å². The van der Waals surface area contributed by atoms with Gasteiger partial charge in [0, 0.05) is 38.3 Å². The lowest BCUT2D eigenvalue weighted by molar-refractivity contribution is 0.0517. The highest BCUT2D eigenvalue weighted by molar-refractivity contribution is 5.97. The van der Waals surface area contributed by atoms with Gasteiger partial charge in [0.15, 0.2) is 11.3 Å². The summed E-state index contributed by atoms with van der Waals surface area (Å²) >= 11 is 0. The van der Waals surface area contributed by atoms with Crippen molar-refractivity contribution in [3.8, 4) is 0 Å². The van der Waals surface area contributed by atoms with Gasteiger partial charge in [-0.15, -0.1) is 0 Å². The monoisotopic (exact) mass is 346 g/mol. The summed E-state index contributed by atoms with van der Waals surface area (Å²) in [7, 11) is 1.61. The van der Waals surface area contributed by atoms with Crippen molar-refractivity contribution in [1.29, 1.82) is 0 Å². The SMILES string of the molecule is C[C@@H]1CN(c2cc(=O)c3cc(C(=O)N(C)CCO)ccc3o2)CCO1. The number of hydrogen-bond donors (Lipinski definition) is 1. The summed E-state index contributed by atoms with van der Waals surface area (Å²) in [6.07, 6.45) is 0.0804. The van der Waals surface area contributed by atoms with Crippen LogP contribution in [0.5, 0.6) is 0 Å². The molecule has 2 aromatic rings. The van der Waals surface area contributed by atoms with E-state index in [1.807, 2.05) is 11.8 Å². The second kappa shape index (κ2) is 7.25. The van der Waals surface area contributed by atoms with E-state index in [2.05, 4.69) is 0 Å². The molecule has 1 saturated heterocycles. The minimum Gasteiger partial charge on any atom is -0.440 e. The molecule has 7 heteroatoms. The third-order valence-corrected chi connectivity index (χ3v) is 4.30. The number of morpholine rings is 1. The van der Waals surface area contributed by atoms with Crippen molar-refractivity contribution < 1.29 is 19.1 Å². The third-order valence-electron chi connectivity index (χ3n) is 4.30. The summed E-state index contributed by atoms with van der Waals surface area (Å²) in [6.45, 7) is 4.02. The standard InChI is InChI=1S/C18H22N2O5/c1-12-11-20(6-8-24-12)17-10-15(22)14-9-13(3-4-16(14)25-17)18(23)19(2)5-7-21/h3-4,9-10,12,21H,5-8,11H2,1-2H3/t12-/m1/s1. The highest BCUT2D eigenvalue weighted by atomic mass is 16.5. The molecule has 0 bridgehead atoms. The number of anilines is 1. The lowest BCUT2D eigenvalue weighted by atomic mass is 10.1. The first-order valence-corrected chi connectivity index (χ1v) is 8.30. The number of likely N-dealkylation sites (N-methyl/N-ethyl adjacent to an activating group) is 1. The van der Waals surface area contributed by atoms with Gasteiger partial charge in [0.25, 0.3) is 5.91 Å². The maximum absolute atomic E-state index is 12.5. The van der Waals surface area contributed by atoms with Crippen LogP contribution in [-0.2, 0) is 4.74 Å². The topological polar surface area (TPSA) is 83.2 Å². The number of carbonyl (C=O) groups is 1. The molecule has 1 atom stereocenters. The molecule has 1 aliphatic heterocycles. The molecule has 1 amide bonds. The molecule has 1 aliphatic rings. The fourth-order valence-electron chi connectivity index (χ4n) is 2.92. The molecule has 25 heavy (non-hydrogen) atoms. The molecule has 1 aromatic heterocycles. The number of aliphatic hydroxyl groups excluding tert-OH is 1. The number of carbonyl (C=O) groups excluding carboxylic acids is 1. The smallest absolute Gasteiger partial charge is 0.253 e. The Bertz CT molecular complexity index is 832. The number of amides is 1. The Morgan fingerprint density at radius 1 is 1.40 bits per heavy atom. The number of aliphatic hydroxyl groups is 1. The minimum absolute atomic E-state index is 0.0804. The fourth-order valence-corrected chi connectivity index (χ4v) is 2.92. The molecule has 7 nitrogen and oxygen atoms in total. The van der Waals surface area contributed by atoms with E-state index in [9.17, 15) is 9.59 Å². The van der Waals surface area contributed by atoms with E-state index in [0.29, 0.717) is 42.1 Å². The van der Waals surface area contributed by atoms with Crippen molar-refractivity contribution in [3.63, 3.8) is 0 Å². The zero-order chi connectivity index (χ0) is 18.0. The molecular formula is C18H22N2O5. The lowest BCUT2D eigenvalue weighted by Crippen LogP contribution is -2.41. The molecule has 0 spiro atoms. The maximum atomic E-state index is 12.5. The van der Waals surface area contributed by atoms with Crippen LogP contribution in [0.25, 0.3) is 11.0 Å². The third kappa shape index (κ3) is 3.67. The van der Waals surface area contributed by atoms with Gasteiger partial charge in [-0.2, -0.15) is 0 Å². The van der Waals surface area contributed by atoms with Crippen molar-refractivity contribution in [3.05, 3.63) is 40.1 Å². The van der Waals surface area contributed by atoms with Crippen LogP contribution in [0.15, 0.2) is 33.5 Å². The molecule has 134 valence electrons. The first-order valence-electron chi connectivity index (χ1n) is 8.30. The molecule has 1 N–H and O–H groups in total. The number of fused-ring (bicyclic) bond motifs is 1. The van der Waals surface area contributed by atoms with Gasteiger partial charge in [0.1, 0.15) is 5.58 Å². The summed E-state index contributed by atoms with van der Waals surface area (Å²) in [5.74, 6) is 0.269. The largest absolute Gasteiger partial charge is 0.440 e. The number of benzene rings is 1. The van der Waals surface area contributed by atoms with E-state index in [4.69, 9.17) is 14.3 Å². The highest BCUT2D eigenvalue weighted by Gasteiger charge is 2.20. The van der Waals surface area contributed by atoms with Crippen molar-refractivity contribution in [1.82, 2.24) is 4.90 Å². The Balaban J connectivity index is 1.94. The average molecular weight is 346 g/mol. The average Bonchev–Trinajstić information content (AvgIpc) is 2.61. The quantitative estimate of drug-likeness (QED) is 0.892. The van der Waals surface area contributed by atoms with Gasteiger partial charge in [0.05, 0.1) is 24.7 Å². The van der Waals surface area contributed by atoms with Gasteiger partial charge in [-0.3, -0.25) is 9.59 Å². The van der Waals surface area contributed by atoms with Crippen LogP contribution in [0.4, 0.5) is 5.88 Å². The molecule has 2 heterocycles. The Hall–Kier alpha value is -2.38. The zero-order valence-corrected chi connectivity index (χ0v) is 14.4. The van der Waals surface area contributed by atoms with Crippen LogP contribution in [-0.4, -0.2) is 61.9 Å². The van der Waals surface area contributed by atoms with E-state index in [0.717, 1.165) is 0 Å². The van der Waals surface area contributed by atoms with Gasteiger partial charge in [-0.25, -0.2) is 0 Å². The first-order chi connectivity index (χ1) is 12.0. The normalized spacial score (nSPS) is 17.7. The van der Waals surface area contributed by atoms with Gasteiger partial charge >= 0.3 is 0 Å². The molecule has 0 unspecified atom stereocenters. The fraction of sp³-hybridized carbons (Fsp3) is 0.444. The van der Waals surface area contributed by atoms with Crippen molar-refractivity contribution >= 4 is 22.8 Å². The Labute approximate surface area is 145 Å². The van der Waals surface area contributed by atoms with Crippen LogP contribution >= 0.6 is 0 Å². The zero-order valence-electron chi connectivity index (χ0n) is 14.4. The molecule has 0 saturated carbocycles. The maximum Gasteiger partial charge on any atom is 0.253 e. The number of hydrogen-bond acceptors (Lipinski definition) is 6. The number of rotatable bonds is 4. The summed E-state index contributed by atoms with van der Waals surface area (Å²) in [5, 5.41) is 9.32. The van der Waals surface area contributed by atoms with E-state index >= 15 is 0 Å². The van der Waals surface area contributed by atoms with E-state index in [1.165, 1.54) is 11.0 Å². The van der Waals surface area contributed by atoms with E-state index in [1.54, 1.807) is 25.2 Å². The summed E-state index contributed by atoms with van der Waals surface area (Å²) in [5.41, 5.74) is 0.654. The minimum atomic E-state index is -0.249. The molecule has 3 rings (SSSR count). The summed E-state index contributed by atoms with van der Waals surface area (Å²) < 4.78 is 11.4. The van der Waals surface area contributed by atoms with Gasteiger partial charge in [0.2, 0.25) is 0 Å². The molecule has 1 fully saturated rings. The van der Waals surface area contributed by atoms with Gasteiger partial charge in [-0.1, -0.05) is 0 Å². The van der Waals surface area contributed by atoms with Crippen LogP contribution in [0.1, 0.15) is 17.3 Å².